The van der Waals surface area contributed by atoms with E-state index in [-0.39, 0.29) is 5.69 Å². The number of benzene rings is 6. The molecule has 0 amide bonds. The van der Waals surface area contributed by atoms with Crippen LogP contribution in [-0.2, 0) is 6.18 Å². The van der Waals surface area contributed by atoms with E-state index in [4.69, 9.17) is 4.98 Å². The molecule has 0 atom stereocenters. The van der Waals surface area contributed by atoms with Gasteiger partial charge in [0.25, 0.3) is 0 Å². The number of hydrogen-bond donors (Lipinski definition) is 0. The molecule has 310 valence electrons. The molecule has 11 aromatic rings. The fourth-order valence-corrected chi connectivity index (χ4v) is 8.96. The highest BCUT2D eigenvalue weighted by atomic mass is 19.4. The molecule has 0 aliphatic heterocycles. The molecule has 0 unspecified atom stereocenters. The third-order valence-corrected chi connectivity index (χ3v) is 11.6. The lowest BCUT2D eigenvalue weighted by Crippen LogP contribution is -2.13. The number of halogens is 3. The Balaban J connectivity index is 1.27. The Labute approximate surface area is 364 Å². The van der Waals surface area contributed by atoms with Crippen LogP contribution in [0.15, 0.2) is 146 Å². The van der Waals surface area contributed by atoms with Crippen LogP contribution in [0.2, 0.25) is 0 Å². The summed E-state index contributed by atoms with van der Waals surface area (Å²) < 4.78 is 52.3. The normalized spacial score (nSPS) is 12.0. The summed E-state index contributed by atoms with van der Waals surface area (Å²) in [7, 11) is 0. The van der Waals surface area contributed by atoms with E-state index in [0.29, 0.717) is 85.3 Å². The molecule has 9 nitrogen and oxygen atoms in total. The second kappa shape index (κ2) is 14.8. The molecule has 0 bridgehead atoms. The summed E-state index contributed by atoms with van der Waals surface area (Å²) in [6.45, 7) is 7.20. The van der Waals surface area contributed by atoms with E-state index in [1.165, 1.54) is 6.07 Å². The molecular formula is C52H36F3N9. The van der Waals surface area contributed by atoms with E-state index in [0.717, 1.165) is 32.6 Å². The van der Waals surface area contributed by atoms with Gasteiger partial charge in [0, 0.05) is 43.8 Å². The van der Waals surface area contributed by atoms with Crippen molar-refractivity contribution in [3.63, 3.8) is 0 Å². The average Bonchev–Trinajstić information content (AvgIpc) is 3.80. The van der Waals surface area contributed by atoms with Gasteiger partial charge in [0.05, 0.1) is 50.4 Å². The molecule has 0 saturated carbocycles. The van der Waals surface area contributed by atoms with Crippen molar-refractivity contribution < 1.29 is 13.2 Å². The lowest BCUT2D eigenvalue weighted by Gasteiger charge is -2.22. The number of rotatable bonds is 6. The topological polar surface area (TPSA) is 100 Å². The van der Waals surface area contributed by atoms with Gasteiger partial charge in [-0.2, -0.15) is 13.2 Å². The maximum atomic E-state index is 16.2. The van der Waals surface area contributed by atoms with Gasteiger partial charge in [-0.1, -0.05) is 97.1 Å². The molecule has 0 saturated heterocycles. The molecule has 0 N–H and O–H groups in total. The number of para-hydroxylation sites is 2. The van der Waals surface area contributed by atoms with Gasteiger partial charge < -0.3 is 9.13 Å². The third-order valence-electron chi connectivity index (χ3n) is 11.6. The van der Waals surface area contributed by atoms with Crippen molar-refractivity contribution in [1.82, 2.24) is 44.0 Å². The van der Waals surface area contributed by atoms with Gasteiger partial charge in [0.2, 0.25) is 0 Å². The molecule has 11 rings (SSSR count). The monoisotopic (exact) mass is 843 g/mol. The first kappa shape index (κ1) is 38.8. The Morgan fingerprint density at radius 3 is 1.38 bits per heavy atom. The van der Waals surface area contributed by atoms with Crippen LogP contribution in [-0.4, -0.2) is 44.0 Å². The summed E-state index contributed by atoms with van der Waals surface area (Å²) in [4.78, 5) is 32.4. The number of aryl methyl sites for hydroxylation is 4. The minimum atomic E-state index is -4.80. The predicted octanol–water partition coefficient (Wildman–Crippen LogP) is 12.6. The molecule has 0 aliphatic rings. The smallest absolute Gasteiger partial charge is 0.309 e. The van der Waals surface area contributed by atoms with Gasteiger partial charge in [-0.25, -0.2) is 34.9 Å². The van der Waals surface area contributed by atoms with E-state index < -0.39 is 11.7 Å². The van der Waals surface area contributed by atoms with Crippen molar-refractivity contribution in [3.8, 4) is 56.7 Å². The van der Waals surface area contributed by atoms with Crippen LogP contribution < -0.4 is 0 Å². The van der Waals surface area contributed by atoms with Gasteiger partial charge in [0.1, 0.15) is 23.3 Å². The number of alkyl halides is 3. The van der Waals surface area contributed by atoms with Gasteiger partial charge >= 0.3 is 6.18 Å². The molecule has 0 radical (unpaired) electrons. The van der Waals surface area contributed by atoms with Crippen LogP contribution in [0.4, 0.5) is 13.2 Å². The summed E-state index contributed by atoms with van der Waals surface area (Å²) in [6, 6.07) is 45.2. The van der Waals surface area contributed by atoms with Crippen molar-refractivity contribution in [2.24, 2.45) is 0 Å². The van der Waals surface area contributed by atoms with Gasteiger partial charge in [-0.05, 0) is 76.2 Å². The lowest BCUT2D eigenvalue weighted by molar-refractivity contribution is -0.137. The Morgan fingerprint density at radius 2 is 0.844 bits per heavy atom. The zero-order valence-corrected chi connectivity index (χ0v) is 35.0. The molecule has 64 heavy (non-hydrogen) atoms. The number of aromatic nitrogens is 9. The van der Waals surface area contributed by atoms with Gasteiger partial charge in [-0.3, -0.25) is 0 Å². The quantitative estimate of drug-likeness (QED) is 0.164. The van der Waals surface area contributed by atoms with Gasteiger partial charge in [0.15, 0.2) is 11.6 Å². The summed E-state index contributed by atoms with van der Waals surface area (Å²) in [5, 5.41) is 3.31. The second-order valence-corrected chi connectivity index (χ2v) is 15.8. The van der Waals surface area contributed by atoms with Crippen LogP contribution >= 0.6 is 0 Å². The Kier molecular flexibility index (Phi) is 8.95. The summed E-state index contributed by atoms with van der Waals surface area (Å²) in [5.41, 5.74) is 5.90. The Hall–Kier alpha value is -8.12. The minimum absolute atomic E-state index is 0.0536. The highest BCUT2D eigenvalue weighted by molar-refractivity contribution is 6.12. The summed E-state index contributed by atoms with van der Waals surface area (Å²) in [5.74, 6) is 3.13. The van der Waals surface area contributed by atoms with Crippen molar-refractivity contribution >= 4 is 43.6 Å². The molecule has 6 aromatic carbocycles. The average molecular weight is 844 g/mol. The molecule has 5 aromatic heterocycles. The molecule has 5 heterocycles. The molecule has 12 heteroatoms. The zero-order chi connectivity index (χ0) is 43.9. The van der Waals surface area contributed by atoms with E-state index >= 15 is 13.2 Å². The largest absolute Gasteiger partial charge is 0.418 e. The lowest BCUT2D eigenvalue weighted by atomic mass is 10.0. The number of hydrogen-bond acceptors (Lipinski definition) is 7. The van der Waals surface area contributed by atoms with Gasteiger partial charge in [-0.15, -0.1) is 0 Å². The zero-order valence-electron chi connectivity index (χ0n) is 35.0. The van der Waals surface area contributed by atoms with Crippen LogP contribution in [0, 0.1) is 27.7 Å². The van der Waals surface area contributed by atoms with Crippen molar-refractivity contribution in [2.75, 3.05) is 0 Å². The first-order valence-corrected chi connectivity index (χ1v) is 20.7. The molecule has 0 fully saturated rings. The predicted molar refractivity (Wildman–Crippen MR) is 245 cm³/mol. The van der Waals surface area contributed by atoms with Crippen LogP contribution in [0.5, 0.6) is 0 Å². The maximum Gasteiger partial charge on any atom is 0.418 e. The molecule has 0 spiro atoms. The van der Waals surface area contributed by atoms with Crippen molar-refractivity contribution in [3.05, 3.63) is 174 Å². The van der Waals surface area contributed by atoms with E-state index in [1.54, 1.807) is 24.5 Å². The fraction of sp³-hybridized carbons (Fsp3) is 0.0962. The van der Waals surface area contributed by atoms with Crippen LogP contribution in [0.3, 0.4) is 0 Å². The SMILES string of the molecule is Cc1nc(C)nc(-c2ccc3c4ccccc4n(-c4cc(C(F)(F)F)c(-n5c6ccccc6c6ccc(-c7nc(C)nc(C)n7)cc65)cc4-c4cccc(-c5ccccc5)n4)c3c2)n1. The molecular weight excluding hydrogens is 808 g/mol. The van der Waals surface area contributed by atoms with E-state index in [1.807, 2.05) is 152 Å². The summed E-state index contributed by atoms with van der Waals surface area (Å²) in [6.07, 6.45) is -4.80. The Morgan fingerprint density at radius 1 is 0.375 bits per heavy atom. The van der Waals surface area contributed by atoms with Crippen LogP contribution in [0.25, 0.3) is 100 Å². The second-order valence-electron chi connectivity index (χ2n) is 15.8. The first-order valence-electron chi connectivity index (χ1n) is 20.7. The maximum absolute atomic E-state index is 16.2. The first-order chi connectivity index (χ1) is 31.0. The van der Waals surface area contributed by atoms with Crippen molar-refractivity contribution in [1.29, 1.82) is 0 Å². The summed E-state index contributed by atoms with van der Waals surface area (Å²) >= 11 is 0. The Bertz CT molecular complexity index is 3630. The third kappa shape index (κ3) is 6.53. The fourth-order valence-electron chi connectivity index (χ4n) is 8.96. The number of pyridine rings is 1. The van der Waals surface area contributed by atoms with E-state index in [9.17, 15) is 0 Å². The van der Waals surface area contributed by atoms with E-state index in [2.05, 4.69) is 29.9 Å². The minimum Gasteiger partial charge on any atom is -0.309 e. The highest BCUT2D eigenvalue weighted by Crippen LogP contribution is 2.45. The standard InChI is InChI=1S/C52H36F3N9/c1-29-56-30(2)59-50(58-29)34-21-23-38-36-15-8-10-19-44(36)63(46(38)25-34)48-28-41(52(53,54)55)49(27-40(48)43-18-12-17-42(62-43)33-13-6-5-7-14-33)64-45-20-11-9-16-37(45)39-24-22-35(26-47(39)64)51-60-31(3)57-32(4)61-51/h5-28H,1-4H3. The number of nitrogens with zero attached hydrogens (tertiary/aromatic N) is 9. The van der Waals surface area contributed by atoms with Crippen molar-refractivity contribution in [2.45, 2.75) is 33.9 Å². The van der Waals surface area contributed by atoms with Crippen LogP contribution in [0.1, 0.15) is 28.9 Å². The number of fused-ring (bicyclic) bond motifs is 6. The molecule has 0 aliphatic carbocycles. The highest BCUT2D eigenvalue weighted by Gasteiger charge is 2.37.